The van der Waals surface area contributed by atoms with Crippen LogP contribution in [0.1, 0.15) is 18.4 Å². The van der Waals surface area contributed by atoms with E-state index in [1.807, 2.05) is 0 Å². The van der Waals surface area contributed by atoms with E-state index >= 15 is 0 Å². The van der Waals surface area contributed by atoms with Gasteiger partial charge in [-0.15, -0.1) is 0 Å². The fourth-order valence-electron chi connectivity index (χ4n) is 1.44. The molecule has 1 aliphatic carbocycles. The first-order chi connectivity index (χ1) is 7.09. The van der Waals surface area contributed by atoms with Crippen molar-refractivity contribution in [3.63, 3.8) is 0 Å². The molecule has 15 heavy (non-hydrogen) atoms. The molecule has 1 aromatic rings. The molecule has 1 fully saturated rings. The standard InChI is InChI=1S/C11H9F3O/c12-8-4-3-7(10(13)11(8)14)5-9(15)6-1-2-6/h3-4,6H,1-2,5H2. The van der Waals surface area contributed by atoms with Crippen LogP contribution in [0.5, 0.6) is 0 Å². The Morgan fingerprint density at radius 2 is 1.87 bits per heavy atom. The van der Waals surface area contributed by atoms with E-state index in [2.05, 4.69) is 0 Å². The molecule has 0 heterocycles. The molecule has 0 aliphatic heterocycles. The highest BCUT2D eigenvalue weighted by molar-refractivity contribution is 5.85. The van der Waals surface area contributed by atoms with E-state index in [4.69, 9.17) is 0 Å². The van der Waals surface area contributed by atoms with Gasteiger partial charge in [-0.05, 0) is 24.5 Å². The van der Waals surface area contributed by atoms with Crippen LogP contribution in [0.4, 0.5) is 13.2 Å². The normalized spacial score (nSPS) is 15.4. The monoisotopic (exact) mass is 214 g/mol. The van der Waals surface area contributed by atoms with Crippen LogP contribution in [0.15, 0.2) is 12.1 Å². The maximum absolute atomic E-state index is 13.1. The maximum atomic E-state index is 13.1. The van der Waals surface area contributed by atoms with Gasteiger partial charge in [0.1, 0.15) is 5.78 Å². The van der Waals surface area contributed by atoms with E-state index in [-0.39, 0.29) is 23.7 Å². The summed E-state index contributed by atoms with van der Waals surface area (Å²) in [4.78, 5) is 11.3. The second-order valence-corrected chi connectivity index (χ2v) is 3.75. The largest absolute Gasteiger partial charge is 0.299 e. The number of ketones is 1. The van der Waals surface area contributed by atoms with Gasteiger partial charge in [0, 0.05) is 12.3 Å². The number of rotatable bonds is 3. The number of benzene rings is 1. The Labute approximate surface area is 84.9 Å². The van der Waals surface area contributed by atoms with E-state index in [1.54, 1.807) is 0 Å². The molecule has 1 saturated carbocycles. The molecule has 0 bridgehead atoms. The third-order valence-corrected chi connectivity index (χ3v) is 2.51. The highest BCUT2D eigenvalue weighted by atomic mass is 19.2. The SMILES string of the molecule is O=C(Cc1ccc(F)c(F)c1F)C1CC1. The highest BCUT2D eigenvalue weighted by Crippen LogP contribution is 2.31. The molecule has 1 aromatic carbocycles. The average molecular weight is 214 g/mol. The van der Waals surface area contributed by atoms with Crippen molar-refractivity contribution in [2.45, 2.75) is 19.3 Å². The van der Waals surface area contributed by atoms with Gasteiger partial charge in [-0.2, -0.15) is 0 Å². The molecule has 80 valence electrons. The number of Topliss-reactive ketones (excluding diaryl/α,β-unsaturated/α-hetero) is 1. The Morgan fingerprint density at radius 3 is 2.47 bits per heavy atom. The first-order valence-corrected chi connectivity index (χ1v) is 4.74. The van der Waals surface area contributed by atoms with E-state index in [0.29, 0.717) is 0 Å². The van der Waals surface area contributed by atoms with Crippen molar-refractivity contribution >= 4 is 5.78 Å². The van der Waals surface area contributed by atoms with Gasteiger partial charge in [0.05, 0.1) is 0 Å². The summed E-state index contributed by atoms with van der Waals surface area (Å²) in [6, 6.07) is 1.96. The zero-order valence-electron chi connectivity index (χ0n) is 7.90. The van der Waals surface area contributed by atoms with Crippen LogP contribution in [0, 0.1) is 23.4 Å². The predicted molar refractivity (Wildman–Crippen MR) is 47.8 cm³/mol. The van der Waals surface area contributed by atoms with Crippen molar-refractivity contribution in [3.05, 3.63) is 35.1 Å². The van der Waals surface area contributed by atoms with Crippen LogP contribution < -0.4 is 0 Å². The van der Waals surface area contributed by atoms with Crippen LogP contribution >= 0.6 is 0 Å². The van der Waals surface area contributed by atoms with E-state index < -0.39 is 17.5 Å². The highest BCUT2D eigenvalue weighted by Gasteiger charge is 2.30. The molecule has 0 spiro atoms. The molecule has 0 unspecified atom stereocenters. The van der Waals surface area contributed by atoms with E-state index in [1.165, 1.54) is 0 Å². The number of carbonyl (C=O) groups excluding carboxylic acids is 1. The lowest BCUT2D eigenvalue weighted by Gasteiger charge is -2.03. The van der Waals surface area contributed by atoms with Gasteiger partial charge < -0.3 is 0 Å². The number of halogens is 3. The summed E-state index contributed by atoms with van der Waals surface area (Å²) in [7, 11) is 0. The molecule has 0 atom stereocenters. The Morgan fingerprint density at radius 1 is 1.20 bits per heavy atom. The Bertz CT molecular complexity index is 411. The summed E-state index contributed by atoms with van der Waals surface area (Å²) in [5.74, 6) is -4.08. The summed E-state index contributed by atoms with van der Waals surface area (Å²) in [5, 5.41) is 0. The van der Waals surface area contributed by atoms with Crippen LogP contribution in [-0.4, -0.2) is 5.78 Å². The van der Waals surface area contributed by atoms with Gasteiger partial charge in [-0.1, -0.05) is 6.07 Å². The lowest BCUT2D eigenvalue weighted by Crippen LogP contribution is -2.08. The van der Waals surface area contributed by atoms with Crippen molar-refractivity contribution in [1.29, 1.82) is 0 Å². The fourth-order valence-corrected chi connectivity index (χ4v) is 1.44. The maximum Gasteiger partial charge on any atom is 0.194 e. The van der Waals surface area contributed by atoms with Crippen LogP contribution in [0.3, 0.4) is 0 Å². The van der Waals surface area contributed by atoms with Gasteiger partial charge in [-0.25, -0.2) is 13.2 Å². The number of hydrogen-bond acceptors (Lipinski definition) is 1. The molecule has 1 nitrogen and oxygen atoms in total. The summed E-state index contributed by atoms with van der Waals surface area (Å²) in [5.41, 5.74) is -0.0641. The first-order valence-electron chi connectivity index (χ1n) is 4.74. The molecular formula is C11H9F3O. The second-order valence-electron chi connectivity index (χ2n) is 3.75. The predicted octanol–water partition coefficient (Wildman–Crippen LogP) is 2.63. The number of carbonyl (C=O) groups is 1. The Kier molecular flexibility index (Phi) is 2.50. The molecule has 0 saturated heterocycles. The minimum Gasteiger partial charge on any atom is -0.299 e. The van der Waals surface area contributed by atoms with Crippen molar-refractivity contribution < 1.29 is 18.0 Å². The zero-order valence-corrected chi connectivity index (χ0v) is 7.90. The van der Waals surface area contributed by atoms with Crippen molar-refractivity contribution in [1.82, 2.24) is 0 Å². The zero-order chi connectivity index (χ0) is 11.0. The van der Waals surface area contributed by atoms with Crippen LogP contribution in [-0.2, 0) is 11.2 Å². The van der Waals surface area contributed by atoms with Gasteiger partial charge in [0.15, 0.2) is 17.5 Å². The third kappa shape index (κ3) is 2.03. The van der Waals surface area contributed by atoms with Crippen LogP contribution in [0.25, 0.3) is 0 Å². The molecular weight excluding hydrogens is 205 g/mol. The number of hydrogen-bond donors (Lipinski definition) is 0. The smallest absolute Gasteiger partial charge is 0.194 e. The Hall–Kier alpha value is -1.32. The van der Waals surface area contributed by atoms with Gasteiger partial charge in [0.2, 0.25) is 0 Å². The van der Waals surface area contributed by atoms with E-state index in [9.17, 15) is 18.0 Å². The first kappa shape index (κ1) is 10.2. The molecule has 2 rings (SSSR count). The minimum atomic E-state index is -1.50. The lowest BCUT2D eigenvalue weighted by molar-refractivity contribution is -0.119. The third-order valence-electron chi connectivity index (χ3n) is 2.51. The minimum absolute atomic E-state index is 0.00230. The molecule has 1 aliphatic rings. The quantitative estimate of drug-likeness (QED) is 0.707. The summed E-state index contributed by atoms with van der Waals surface area (Å²) in [6.07, 6.45) is 1.50. The topological polar surface area (TPSA) is 17.1 Å². The van der Waals surface area contributed by atoms with E-state index in [0.717, 1.165) is 25.0 Å². The molecule has 0 radical (unpaired) electrons. The second kappa shape index (κ2) is 3.68. The van der Waals surface area contributed by atoms with Gasteiger partial charge in [-0.3, -0.25) is 4.79 Å². The van der Waals surface area contributed by atoms with Crippen molar-refractivity contribution in [3.8, 4) is 0 Å². The van der Waals surface area contributed by atoms with Crippen molar-refractivity contribution in [2.75, 3.05) is 0 Å². The van der Waals surface area contributed by atoms with Gasteiger partial charge in [0.25, 0.3) is 0 Å². The molecule has 0 N–H and O–H groups in total. The lowest BCUT2D eigenvalue weighted by atomic mass is 10.1. The Balaban J connectivity index is 2.21. The molecule has 4 heteroatoms. The average Bonchev–Trinajstić information content (AvgIpc) is 3.02. The van der Waals surface area contributed by atoms with Crippen LogP contribution in [0.2, 0.25) is 0 Å². The fraction of sp³-hybridized carbons (Fsp3) is 0.364. The summed E-state index contributed by atoms with van der Waals surface area (Å²) < 4.78 is 38.5. The van der Waals surface area contributed by atoms with Gasteiger partial charge >= 0.3 is 0 Å². The molecule has 0 aromatic heterocycles. The molecule has 0 amide bonds. The summed E-state index contributed by atoms with van der Waals surface area (Å²) >= 11 is 0. The summed E-state index contributed by atoms with van der Waals surface area (Å²) in [6.45, 7) is 0. The van der Waals surface area contributed by atoms with Crippen molar-refractivity contribution in [2.24, 2.45) is 5.92 Å².